The minimum absolute atomic E-state index is 0.224. The fourth-order valence-electron chi connectivity index (χ4n) is 3.82. The highest BCUT2D eigenvalue weighted by Gasteiger charge is 2.34. The molecular weight excluding hydrogens is 401 g/mol. The number of anilines is 1. The fraction of sp³-hybridized carbons (Fsp3) is 0.611. The first-order valence-corrected chi connectivity index (χ1v) is 9.64. The van der Waals surface area contributed by atoms with Gasteiger partial charge < -0.3 is 10.2 Å². The Morgan fingerprint density at radius 1 is 1.30 bits per heavy atom. The molecule has 23 heavy (non-hydrogen) atoms. The van der Waals surface area contributed by atoms with E-state index in [2.05, 4.69) is 56.4 Å². The van der Waals surface area contributed by atoms with Crippen LogP contribution in [0.2, 0.25) is 0 Å². The van der Waals surface area contributed by atoms with E-state index < -0.39 is 0 Å². The van der Waals surface area contributed by atoms with Gasteiger partial charge in [0, 0.05) is 66.2 Å². The molecule has 1 N–H and O–H groups in total. The lowest BCUT2D eigenvalue weighted by Gasteiger charge is -2.41. The molecule has 0 spiro atoms. The van der Waals surface area contributed by atoms with Crippen LogP contribution in [-0.2, 0) is 4.79 Å². The predicted molar refractivity (Wildman–Crippen MR) is 103 cm³/mol. The van der Waals surface area contributed by atoms with Gasteiger partial charge >= 0.3 is 0 Å². The van der Waals surface area contributed by atoms with Gasteiger partial charge in [0.1, 0.15) is 0 Å². The van der Waals surface area contributed by atoms with Crippen molar-refractivity contribution in [3.05, 3.63) is 29.8 Å². The average molecular weight is 427 g/mol. The zero-order chi connectivity index (χ0) is 16.4. The van der Waals surface area contributed by atoms with Crippen LogP contribution in [0.4, 0.5) is 5.69 Å². The molecule has 2 aliphatic heterocycles. The lowest BCUT2D eigenvalue weighted by Crippen LogP contribution is -2.48. The molecule has 0 saturated carbocycles. The Hall–Kier alpha value is -0.660. The van der Waals surface area contributed by atoms with E-state index in [1.54, 1.807) is 0 Å². The SMILES string of the molecule is CCC(=O)N1c2ccccc2[C@H](NC2CCN(I)CC2)C[C@@H]1C. The van der Waals surface area contributed by atoms with Gasteiger partial charge in [-0.3, -0.25) is 4.79 Å². The number of halogens is 1. The van der Waals surface area contributed by atoms with Gasteiger partial charge in [0.05, 0.1) is 0 Å². The molecule has 4 nitrogen and oxygen atoms in total. The first-order valence-electron chi connectivity index (χ1n) is 8.68. The summed E-state index contributed by atoms with van der Waals surface area (Å²) in [6, 6.07) is 9.60. The minimum Gasteiger partial charge on any atom is -0.309 e. The summed E-state index contributed by atoms with van der Waals surface area (Å²) in [5.41, 5.74) is 2.38. The fourth-order valence-corrected chi connectivity index (χ4v) is 4.38. The second-order valence-corrected chi connectivity index (χ2v) is 8.03. The maximum absolute atomic E-state index is 12.4. The molecule has 0 unspecified atom stereocenters. The highest BCUT2D eigenvalue weighted by molar-refractivity contribution is 14.1. The normalized spacial score (nSPS) is 26.1. The van der Waals surface area contributed by atoms with Crippen LogP contribution in [0.1, 0.15) is 51.1 Å². The number of piperidine rings is 1. The van der Waals surface area contributed by atoms with E-state index >= 15 is 0 Å². The number of hydrogen-bond donors (Lipinski definition) is 1. The third kappa shape index (κ3) is 3.72. The molecule has 1 amide bonds. The van der Waals surface area contributed by atoms with Gasteiger partial charge in [-0.2, -0.15) is 0 Å². The van der Waals surface area contributed by atoms with Crippen molar-refractivity contribution in [1.29, 1.82) is 0 Å². The van der Waals surface area contributed by atoms with Crippen molar-refractivity contribution < 1.29 is 4.79 Å². The molecule has 2 aliphatic rings. The van der Waals surface area contributed by atoms with Crippen LogP contribution in [0.5, 0.6) is 0 Å². The topological polar surface area (TPSA) is 35.6 Å². The van der Waals surface area contributed by atoms with Crippen molar-refractivity contribution >= 4 is 34.5 Å². The summed E-state index contributed by atoms with van der Waals surface area (Å²) in [6.45, 7) is 6.43. The molecule has 3 rings (SSSR count). The van der Waals surface area contributed by atoms with Crippen LogP contribution in [-0.4, -0.2) is 34.2 Å². The van der Waals surface area contributed by atoms with Crippen molar-refractivity contribution in [3.8, 4) is 0 Å². The number of para-hydroxylation sites is 1. The predicted octanol–water partition coefficient (Wildman–Crippen LogP) is 3.67. The highest BCUT2D eigenvalue weighted by Crippen LogP contribution is 2.38. The third-order valence-electron chi connectivity index (χ3n) is 5.04. The van der Waals surface area contributed by atoms with Gasteiger partial charge in [0.2, 0.25) is 5.91 Å². The van der Waals surface area contributed by atoms with Crippen molar-refractivity contribution in [1.82, 2.24) is 8.43 Å². The number of amides is 1. The van der Waals surface area contributed by atoms with Gasteiger partial charge in [-0.05, 0) is 37.8 Å². The molecule has 0 aromatic heterocycles. The summed E-state index contributed by atoms with van der Waals surface area (Å²) in [5.74, 6) is 0.224. The Labute approximate surface area is 153 Å². The zero-order valence-electron chi connectivity index (χ0n) is 14.0. The summed E-state index contributed by atoms with van der Waals surface area (Å²) < 4.78 is 2.37. The van der Waals surface area contributed by atoms with Crippen molar-refractivity contribution in [2.45, 2.75) is 57.7 Å². The smallest absolute Gasteiger partial charge is 0.226 e. The van der Waals surface area contributed by atoms with Crippen LogP contribution < -0.4 is 10.2 Å². The Morgan fingerprint density at radius 3 is 2.70 bits per heavy atom. The number of nitrogens with zero attached hydrogens (tertiary/aromatic N) is 2. The minimum atomic E-state index is 0.224. The van der Waals surface area contributed by atoms with E-state index in [0.29, 0.717) is 18.5 Å². The largest absolute Gasteiger partial charge is 0.309 e. The Kier molecular flexibility index (Phi) is 5.59. The van der Waals surface area contributed by atoms with E-state index in [-0.39, 0.29) is 11.9 Å². The molecule has 2 atom stereocenters. The Balaban J connectivity index is 1.81. The second kappa shape index (κ2) is 7.49. The highest BCUT2D eigenvalue weighted by atomic mass is 127. The number of carbonyl (C=O) groups excluding carboxylic acids is 1. The molecule has 1 saturated heterocycles. The van der Waals surface area contributed by atoms with Gasteiger partial charge in [-0.15, -0.1) is 0 Å². The number of fused-ring (bicyclic) bond motifs is 1. The molecule has 1 aromatic carbocycles. The molecule has 1 aromatic rings. The molecule has 0 bridgehead atoms. The maximum Gasteiger partial charge on any atom is 0.226 e. The van der Waals surface area contributed by atoms with E-state index in [4.69, 9.17) is 0 Å². The van der Waals surface area contributed by atoms with Gasteiger partial charge in [0.15, 0.2) is 0 Å². The number of carbonyl (C=O) groups is 1. The third-order valence-corrected chi connectivity index (χ3v) is 6.00. The molecular formula is C18H26IN3O. The van der Waals surface area contributed by atoms with Crippen molar-refractivity contribution in [2.75, 3.05) is 18.0 Å². The molecule has 5 heteroatoms. The number of rotatable bonds is 3. The van der Waals surface area contributed by atoms with Crippen molar-refractivity contribution in [2.24, 2.45) is 0 Å². The first kappa shape index (κ1) is 17.2. The van der Waals surface area contributed by atoms with Crippen LogP contribution >= 0.6 is 22.9 Å². The summed E-state index contributed by atoms with van der Waals surface area (Å²) >= 11 is 2.42. The summed E-state index contributed by atoms with van der Waals surface area (Å²) in [4.78, 5) is 14.4. The van der Waals surface area contributed by atoms with Crippen LogP contribution in [0, 0.1) is 0 Å². The molecule has 0 aliphatic carbocycles. The van der Waals surface area contributed by atoms with E-state index in [1.807, 2.05) is 17.9 Å². The summed E-state index contributed by atoms with van der Waals surface area (Å²) in [5, 5.41) is 3.87. The number of nitrogens with one attached hydrogen (secondary N) is 1. The molecule has 1 fully saturated rings. The van der Waals surface area contributed by atoms with Crippen LogP contribution in [0.25, 0.3) is 0 Å². The number of benzene rings is 1. The average Bonchev–Trinajstić information content (AvgIpc) is 2.56. The zero-order valence-corrected chi connectivity index (χ0v) is 16.1. The number of hydrogen-bond acceptors (Lipinski definition) is 3. The Morgan fingerprint density at radius 2 is 2.00 bits per heavy atom. The Bertz CT molecular complexity index is 557. The van der Waals surface area contributed by atoms with Crippen LogP contribution in [0.3, 0.4) is 0 Å². The molecule has 0 radical (unpaired) electrons. The van der Waals surface area contributed by atoms with E-state index in [1.165, 1.54) is 18.4 Å². The van der Waals surface area contributed by atoms with Gasteiger partial charge in [0.25, 0.3) is 0 Å². The first-order chi connectivity index (χ1) is 11.1. The summed E-state index contributed by atoms with van der Waals surface area (Å²) in [6.07, 6.45) is 3.96. The molecule has 2 heterocycles. The quantitative estimate of drug-likeness (QED) is 0.591. The second-order valence-electron chi connectivity index (χ2n) is 6.66. The van der Waals surface area contributed by atoms with Crippen molar-refractivity contribution in [3.63, 3.8) is 0 Å². The monoisotopic (exact) mass is 427 g/mol. The van der Waals surface area contributed by atoms with E-state index in [0.717, 1.165) is 25.2 Å². The van der Waals surface area contributed by atoms with Gasteiger partial charge in [-0.1, -0.05) is 25.1 Å². The lowest BCUT2D eigenvalue weighted by molar-refractivity contribution is -0.118. The lowest BCUT2D eigenvalue weighted by atomic mass is 9.90. The van der Waals surface area contributed by atoms with Gasteiger partial charge in [-0.25, -0.2) is 3.11 Å². The van der Waals surface area contributed by atoms with E-state index in [9.17, 15) is 4.79 Å². The standard InChI is InChI=1S/C18H26IN3O/c1-3-18(23)22-13(2)12-16(15-6-4-5-7-17(15)22)20-14-8-10-21(19)11-9-14/h4-7,13-14,16,20H,3,8-12H2,1-2H3/t13-,16+/m0/s1. The summed E-state index contributed by atoms with van der Waals surface area (Å²) in [7, 11) is 0. The maximum atomic E-state index is 12.4. The van der Waals surface area contributed by atoms with Crippen LogP contribution in [0.15, 0.2) is 24.3 Å². The molecule has 126 valence electrons.